The maximum Gasteiger partial charge on any atom is 0.0985 e. The molecule has 0 aliphatic carbocycles. The van der Waals surface area contributed by atoms with Crippen LogP contribution in [0.4, 0.5) is 0 Å². The van der Waals surface area contributed by atoms with E-state index in [0.29, 0.717) is 6.54 Å². The highest BCUT2D eigenvalue weighted by Gasteiger charge is 2.23. The zero-order valence-electron chi connectivity index (χ0n) is 21.8. The normalized spacial score (nSPS) is 13.4. The van der Waals surface area contributed by atoms with Crippen molar-refractivity contribution in [2.75, 3.05) is 6.26 Å². The molecule has 5 rings (SSSR count). The fourth-order valence-corrected chi connectivity index (χ4v) is 5.64. The first-order valence-corrected chi connectivity index (χ1v) is 14.0. The number of aliphatic hydroxyl groups excluding tert-OH is 1. The Balaban J connectivity index is 1.60. The summed E-state index contributed by atoms with van der Waals surface area (Å²) in [5.41, 5.74) is 7.97. The van der Waals surface area contributed by atoms with Crippen molar-refractivity contribution in [3.8, 4) is 16.9 Å². The Labute approximate surface area is 220 Å². The summed E-state index contributed by atoms with van der Waals surface area (Å²) in [6.45, 7) is 8.88. The lowest BCUT2D eigenvalue weighted by Gasteiger charge is -2.11. The molecule has 0 saturated heterocycles. The molecule has 0 saturated carbocycles. The molecule has 1 N–H and O–H groups in total. The summed E-state index contributed by atoms with van der Waals surface area (Å²) in [6.07, 6.45) is 3.06. The predicted molar refractivity (Wildman–Crippen MR) is 150 cm³/mol. The van der Waals surface area contributed by atoms with Crippen LogP contribution in [0.3, 0.4) is 0 Å². The average molecular weight is 513 g/mol. The van der Waals surface area contributed by atoms with E-state index in [1.165, 1.54) is 5.56 Å². The van der Waals surface area contributed by atoms with E-state index in [9.17, 15) is 9.32 Å². The van der Waals surface area contributed by atoms with Crippen molar-refractivity contribution in [2.45, 2.75) is 51.2 Å². The first kappa shape index (κ1) is 25.1. The number of hydrogen-bond acceptors (Lipinski definition) is 4. The molecule has 0 aliphatic heterocycles. The van der Waals surface area contributed by atoms with Gasteiger partial charge in [-0.15, -0.1) is 0 Å². The second-order valence-electron chi connectivity index (χ2n) is 9.83. The molecule has 1 unspecified atom stereocenters. The number of aromatic nitrogens is 4. The molecule has 6 nitrogen and oxygen atoms in total. The van der Waals surface area contributed by atoms with Crippen LogP contribution in [0.25, 0.3) is 27.8 Å². The van der Waals surface area contributed by atoms with Crippen molar-refractivity contribution in [1.82, 2.24) is 19.6 Å². The van der Waals surface area contributed by atoms with E-state index in [4.69, 9.17) is 10.2 Å². The standard InChI is InChI=1S/C30H32N4O2S/c1-19(2)29-21(4)34(27-15-14-23(37(5)36)16-20(27)3)32-30(29)24-12-9-13-26-25(24)17-33(31-26)18-28(35)22-10-7-6-8-11-22/h6-17,19,28,35H,18H2,1-5H3/t28-,37?/m0/s1. The summed E-state index contributed by atoms with van der Waals surface area (Å²) < 4.78 is 15.8. The minimum Gasteiger partial charge on any atom is -0.386 e. The number of nitrogens with zero attached hydrogens (tertiary/aromatic N) is 4. The third-order valence-electron chi connectivity index (χ3n) is 6.87. The average Bonchev–Trinajstić information content (AvgIpc) is 3.44. The second-order valence-corrected chi connectivity index (χ2v) is 11.2. The molecule has 2 heterocycles. The van der Waals surface area contributed by atoms with Crippen LogP contribution in [0, 0.1) is 13.8 Å². The molecule has 0 aliphatic rings. The molecule has 0 amide bonds. The van der Waals surface area contributed by atoms with Crippen LogP contribution in [-0.2, 0) is 17.3 Å². The van der Waals surface area contributed by atoms with Gasteiger partial charge in [-0.3, -0.25) is 8.89 Å². The van der Waals surface area contributed by atoms with Gasteiger partial charge in [0.25, 0.3) is 0 Å². The molecule has 0 radical (unpaired) electrons. The number of hydrogen-bond donors (Lipinski definition) is 1. The first-order valence-electron chi connectivity index (χ1n) is 12.5. The summed E-state index contributed by atoms with van der Waals surface area (Å²) in [5.74, 6) is 0.261. The number of fused-ring (bicyclic) bond motifs is 1. The monoisotopic (exact) mass is 512 g/mol. The molecule has 2 atom stereocenters. The SMILES string of the molecule is Cc1cc(S(C)=O)ccc1-n1nc(-c2cccc3nn(C[C@H](O)c4ccccc4)cc23)c(C(C)C)c1C. The van der Waals surface area contributed by atoms with E-state index < -0.39 is 16.9 Å². The van der Waals surface area contributed by atoms with Crippen LogP contribution >= 0.6 is 0 Å². The Kier molecular flexibility index (Phi) is 6.84. The number of aryl methyl sites for hydroxylation is 1. The lowest BCUT2D eigenvalue weighted by atomic mass is 9.95. The van der Waals surface area contributed by atoms with Crippen molar-refractivity contribution >= 4 is 21.7 Å². The van der Waals surface area contributed by atoms with Gasteiger partial charge in [-0.05, 0) is 55.2 Å². The van der Waals surface area contributed by atoms with Crippen molar-refractivity contribution in [1.29, 1.82) is 0 Å². The zero-order chi connectivity index (χ0) is 26.3. The largest absolute Gasteiger partial charge is 0.386 e. The van der Waals surface area contributed by atoms with Crippen LogP contribution in [0.2, 0.25) is 0 Å². The topological polar surface area (TPSA) is 72.9 Å². The van der Waals surface area contributed by atoms with Gasteiger partial charge in [0.1, 0.15) is 0 Å². The molecule has 37 heavy (non-hydrogen) atoms. The molecule has 2 aromatic heterocycles. The molecular weight excluding hydrogens is 480 g/mol. The smallest absolute Gasteiger partial charge is 0.0985 e. The van der Waals surface area contributed by atoms with Gasteiger partial charge in [0.15, 0.2) is 0 Å². The van der Waals surface area contributed by atoms with E-state index >= 15 is 0 Å². The minimum atomic E-state index is -1.03. The highest BCUT2D eigenvalue weighted by molar-refractivity contribution is 7.84. The van der Waals surface area contributed by atoms with Crippen LogP contribution in [0.5, 0.6) is 0 Å². The fourth-order valence-electron chi connectivity index (χ4n) is 5.03. The van der Waals surface area contributed by atoms with Gasteiger partial charge in [0.05, 0.1) is 29.5 Å². The van der Waals surface area contributed by atoms with Crippen molar-refractivity contribution < 1.29 is 9.32 Å². The van der Waals surface area contributed by atoms with Gasteiger partial charge in [-0.25, -0.2) is 4.68 Å². The maximum absolute atomic E-state index is 12.0. The maximum atomic E-state index is 12.0. The summed E-state index contributed by atoms with van der Waals surface area (Å²) in [5, 5.41) is 21.6. The van der Waals surface area contributed by atoms with Crippen molar-refractivity contribution in [3.63, 3.8) is 0 Å². The fraction of sp³-hybridized carbons (Fsp3) is 0.267. The number of rotatable bonds is 7. The van der Waals surface area contributed by atoms with Crippen LogP contribution in [0.1, 0.15) is 48.3 Å². The van der Waals surface area contributed by atoms with E-state index in [1.807, 2.05) is 83.1 Å². The van der Waals surface area contributed by atoms with Gasteiger partial charge in [-0.1, -0.05) is 56.3 Å². The summed E-state index contributed by atoms with van der Waals surface area (Å²) in [6, 6.07) is 21.7. The molecule has 5 aromatic rings. The second kappa shape index (κ2) is 10.1. The van der Waals surface area contributed by atoms with Crippen LogP contribution in [-0.4, -0.2) is 35.1 Å². The van der Waals surface area contributed by atoms with Crippen LogP contribution < -0.4 is 0 Å². The minimum absolute atomic E-state index is 0.261. The Morgan fingerprint density at radius 2 is 1.73 bits per heavy atom. The van der Waals surface area contributed by atoms with E-state index in [2.05, 4.69) is 26.8 Å². The molecular formula is C30H32N4O2S. The molecule has 3 aromatic carbocycles. The Morgan fingerprint density at radius 3 is 2.41 bits per heavy atom. The van der Waals surface area contributed by atoms with Crippen molar-refractivity contribution in [2.24, 2.45) is 0 Å². The number of aliphatic hydroxyl groups is 1. The van der Waals surface area contributed by atoms with Gasteiger partial charge in [-0.2, -0.15) is 10.2 Å². The third-order valence-corrected chi connectivity index (χ3v) is 7.78. The predicted octanol–water partition coefficient (Wildman–Crippen LogP) is 6.10. The van der Waals surface area contributed by atoms with E-state index in [1.54, 1.807) is 6.26 Å². The molecule has 0 bridgehead atoms. The van der Waals surface area contributed by atoms with E-state index in [0.717, 1.165) is 49.6 Å². The van der Waals surface area contributed by atoms with Crippen LogP contribution in [0.15, 0.2) is 77.8 Å². The molecule has 7 heteroatoms. The third kappa shape index (κ3) is 4.77. The highest BCUT2D eigenvalue weighted by Crippen LogP contribution is 2.36. The Bertz CT molecular complexity index is 1600. The summed E-state index contributed by atoms with van der Waals surface area (Å²) in [4.78, 5) is 0.810. The zero-order valence-corrected chi connectivity index (χ0v) is 22.7. The molecule has 190 valence electrons. The first-order chi connectivity index (χ1) is 17.7. The lowest BCUT2D eigenvalue weighted by molar-refractivity contribution is 0.152. The molecule has 0 fully saturated rings. The quantitative estimate of drug-likeness (QED) is 0.286. The summed E-state index contributed by atoms with van der Waals surface area (Å²) >= 11 is 0. The van der Waals surface area contributed by atoms with Gasteiger partial charge in [0, 0.05) is 50.4 Å². The molecule has 0 spiro atoms. The summed E-state index contributed by atoms with van der Waals surface area (Å²) in [7, 11) is -1.03. The number of benzene rings is 3. The van der Waals surface area contributed by atoms with Crippen molar-refractivity contribution in [3.05, 3.63) is 95.3 Å². The Hall–Kier alpha value is -3.55. The highest BCUT2D eigenvalue weighted by atomic mass is 32.2. The van der Waals surface area contributed by atoms with Gasteiger partial charge >= 0.3 is 0 Å². The van der Waals surface area contributed by atoms with Gasteiger partial charge < -0.3 is 5.11 Å². The van der Waals surface area contributed by atoms with E-state index in [-0.39, 0.29) is 5.92 Å². The Morgan fingerprint density at radius 1 is 0.973 bits per heavy atom. The lowest BCUT2D eigenvalue weighted by Crippen LogP contribution is -2.08. The van der Waals surface area contributed by atoms with Gasteiger partial charge in [0.2, 0.25) is 0 Å².